The topological polar surface area (TPSA) is 83.9 Å². The predicted octanol–water partition coefficient (Wildman–Crippen LogP) is 2.65. The molecule has 2 aromatic rings. The van der Waals surface area contributed by atoms with Crippen molar-refractivity contribution in [2.45, 2.75) is 39.8 Å². The van der Waals surface area contributed by atoms with Gasteiger partial charge in [-0.15, -0.1) is 0 Å². The molecule has 0 aromatic heterocycles. The highest BCUT2D eigenvalue weighted by atomic mass is 16.2. The van der Waals surface area contributed by atoms with E-state index in [2.05, 4.69) is 57.1 Å². The van der Waals surface area contributed by atoms with Crippen molar-refractivity contribution in [2.24, 2.45) is 0 Å². The third kappa shape index (κ3) is 3.65. The number of hydrogen-bond acceptors (Lipinski definition) is 5. The SMILES string of the molecule is Cc1cc2nc3c(=O)[nH]c(=O)nc-3n(CCN3CCCc4ccccc4C3)c2cc1C. The number of rotatable bonds is 3. The summed E-state index contributed by atoms with van der Waals surface area (Å²) >= 11 is 0. The Morgan fingerprint density at radius 1 is 1.00 bits per heavy atom. The lowest BCUT2D eigenvalue weighted by Gasteiger charge is -2.23. The molecule has 2 aromatic carbocycles. The van der Waals surface area contributed by atoms with E-state index in [1.807, 2.05) is 17.6 Å². The van der Waals surface area contributed by atoms with Gasteiger partial charge in [0.05, 0.1) is 11.0 Å². The normalized spacial score (nSPS) is 14.6. The maximum Gasteiger partial charge on any atom is 0.349 e. The van der Waals surface area contributed by atoms with Crippen molar-refractivity contribution in [1.29, 1.82) is 0 Å². The zero-order valence-corrected chi connectivity index (χ0v) is 17.8. The Labute approximate surface area is 179 Å². The first-order chi connectivity index (χ1) is 15.0. The van der Waals surface area contributed by atoms with Crippen LogP contribution in [0.5, 0.6) is 0 Å². The lowest BCUT2D eigenvalue weighted by Crippen LogP contribution is -2.32. The Balaban J connectivity index is 1.57. The Kier molecular flexibility index (Phi) is 4.90. The van der Waals surface area contributed by atoms with E-state index < -0.39 is 11.2 Å². The molecular formula is C24H25N5O2. The van der Waals surface area contributed by atoms with Gasteiger partial charge in [0.2, 0.25) is 0 Å². The van der Waals surface area contributed by atoms with Crippen molar-refractivity contribution in [3.8, 4) is 11.5 Å². The Bertz CT molecular complexity index is 1370. The first-order valence-corrected chi connectivity index (χ1v) is 10.7. The number of nitrogens with one attached hydrogen (secondary N) is 1. The molecule has 31 heavy (non-hydrogen) atoms. The molecule has 3 heterocycles. The number of fused-ring (bicyclic) bond motifs is 3. The fourth-order valence-corrected chi connectivity index (χ4v) is 4.48. The smallest absolute Gasteiger partial charge is 0.321 e. The van der Waals surface area contributed by atoms with Gasteiger partial charge in [-0.05, 0) is 67.6 Å². The molecule has 0 spiro atoms. The highest BCUT2D eigenvalue weighted by Gasteiger charge is 2.20. The predicted molar refractivity (Wildman–Crippen MR) is 121 cm³/mol. The van der Waals surface area contributed by atoms with Crippen molar-refractivity contribution >= 4 is 11.0 Å². The molecule has 0 bridgehead atoms. The van der Waals surface area contributed by atoms with Crippen LogP contribution in [0, 0.1) is 13.8 Å². The molecule has 0 atom stereocenters. The highest BCUT2D eigenvalue weighted by molar-refractivity contribution is 5.81. The fourth-order valence-electron chi connectivity index (χ4n) is 4.48. The van der Waals surface area contributed by atoms with Gasteiger partial charge >= 0.3 is 5.69 Å². The Morgan fingerprint density at radius 3 is 2.61 bits per heavy atom. The summed E-state index contributed by atoms with van der Waals surface area (Å²) in [5.41, 5.74) is 5.75. The van der Waals surface area contributed by atoms with E-state index in [1.165, 1.54) is 11.1 Å². The van der Waals surface area contributed by atoms with E-state index in [4.69, 9.17) is 0 Å². The van der Waals surface area contributed by atoms with E-state index in [0.717, 1.165) is 54.6 Å². The largest absolute Gasteiger partial charge is 0.349 e. The van der Waals surface area contributed by atoms with Crippen LogP contribution < -0.4 is 11.2 Å². The van der Waals surface area contributed by atoms with Crippen molar-refractivity contribution < 1.29 is 0 Å². The van der Waals surface area contributed by atoms with Crippen molar-refractivity contribution in [3.05, 3.63) is 79.5 Å². The molecule has 5 rings (SSSR count). The molecule has 0 fully saturated rings. The van der Waals surface area contributed by atoms with E-state index in [1.54, 1.807) is 0 Å². The van der Waals surface area contributed by atoms with E-state index in [-0.39, 0.29) is 5.69 Å². The molecule has 0 saturated carbocycles. The number of aromatic amines is 1. The van der Waals surface area contributed by atoms with Gasteiger partial charge in [0.1, 0.15) is 0 Å². The van der Waals surface area contributed by atoms with Crippen LogP contribution in [0.15, 0.2) is 46.0 Å². The standard InChI is InChI=1S/C24H25N5O2/c1-15-12-19-20(13-16(15)2)29(22-21(25-19)23(30)27-24(31)26-22)11-10-28-9-5-8-17-6-3-4-7-18(17)14-28/h3-4,6-7,12-13H,5,8-11,14H2,1-2H3,(H,27,30,31). The Morgan fingerprint density at radius 2 is 1.77 bits per heavy atom. The average Bonchev–Trinajstić information content (AvgIpc) is 2.95. The molecule has 3 aliphatic heterocycles. The maximum atomic E-state index is 12.5. The Hall–Kier alpha value is -3.32. The maximum absolute atomic E-state index is 12.5. The van der Waals surface area contributed by atoms with Crippen LogP contribution in [-0.4, -0.2) is 37.5 Å². The molecule has 7 nitrogen and oxygen atoms in total. The highest BCUT2D eigenvalue weighted by Crippen LogP contribution is 2.24. The van der Waals surface area contributed by atoms with E-state index >= 15 is 0 Å². The van der Waals surface area contributed by atoms with Crippen molar-refractivity contribution in [1.82, 2.24) is 24.4 Å². The lowest BCUT2D eigenvalue weighted by molar-refractivity contribution is 0.259. The molecule has 3 aliphatic rings. The van der Waals surface area contributed by atoms with Gasteiger partial charge in [0, 0.05) is 19.6 Å². The van der Waals surface area contributed by atoms with Crippen LogP contribution in [0.2, 0.25) is 0 Å². The van der Waals surface area contributed by atoms with Crippen LogP contribution in [0.25, 0.3) is 22.6 Å². The first-order valence-electron chi connectivity index (χ1n) is 10.7. The summed E-state index contributed by atoms with van der Waals surface area (Å²) in [7, 11) is 0. The molecule has 158 valence electrons. The molecule has 0 unspecified atom stereocenters. The third-order valence-electron chi connectivity index (χ3n) is 6.30. The average molecular weight is 415 g/mol. The minimum Gasteiger partial charge on any atom is -0.321 e. The third-order valence-corrected chi connectivity index (χ3v) is 6.30. The van der Waals surface area contributed by atoms with Gasteiger partial charge < -0.3 is 4.57 Å². The summed E-state index contributed by atoms with van der Waals surface area (Å²) in [5, 5.41) is 0. The van der Waals surface area contributed by atoms with Crippen molar-refractivity contribution in [2.75, 3.05) is 13.1 Å². The number of hydrogen-bond donors (Lipinski definition) is 1. The van der Waals surface area contributed by atoms with Gasteiger partial charge in [-0.3, -0.25) is 14.7 Å². The summed E-state index contributed by atoms with van der Waals surface area (Å²) in [4.78, 5) is 37.8. The van der Waals surface area contributed by atoms with Gasteiger partial charge in [-0.25, -0.2) is 9.78 Å². The molecule has 1 N–H and O–H groups in total. The lowest BCUT2D eigenvalue weighted by atomic mass is 10.0. The fraction of sp³-hybridized carbons (Fsp3) is 0.333. The van der Waals surface area contributed by atoms with Crippen LogP contribution in [0.4, 0.5) is 0 Å². The quantitative estimate of drug-likeness (QED) is 0.520. The van der Waals surface area contributed by atoms with E-state index in [9.17, 15) is 9.59 Å². The zero-order chi connectivity index (χ0) is 21.5. The van der Waals surface area contributed by atoms with Crippen LogP contribution in [0.3, 0.4) is 0 Å². The summed E-state index contributed by atoms with van der Waals surface area (Å²) in [6, 6.07) is 12.7. The molecule has 0 aliphatic carbocycles. The van der Waals surface area contributed by atoms with Gasteiger partial charge in [-0.1, -0.05) is 24.3 Å². The summed E-state index contributed by atoms with van der Waals surface area (Å²) in [6.45, 7) is 7.41. The van der Waals surface area contributed by atoms with Gasteiger partial charge in [-0.2, -0.15) is 4.98 Å². The first kappa shape index (κ1) is 19.6. The van der Waals surface area contributed by atoms with Crippen LogP contribution in [0.1, 0.15) is 28.7 Å². The minimum absolute atomic E-state index is 0.205. The molecular weight excluding hydrogens is 390 g/mol. The zero-order valence-electron chi connectivity index (χ0n) is 17.8. The number of aryl methyl sites for hydroxylation is 3. The molecule has 0 amide bonds. The number of benzene rings is 2. The summed E-state index contributed by atoms with van der Waals surface area (Å²) < 4.78 is 1.98. The van der Waals surface area contributed by atoms with Crippen LogP contribution in [-0.2, 0) is 19.5 Å². The van der Waals surface area contributed by atoms with Gasteiger partial charge in [0.15, 0.2) is 11.5 Å². The second kappa shape index (κ2) is 7.74. The van der Waals surface area contributed by atoms with Gasteiger partial charge in [0.25, 0.3) is 5.56 Å². The number of nitrogens with zero attached hydrogens (tertiary/aromatic N) is 4. The second-order valence-corrected chi connectivity index (χ2v) is 8.38. The molecule has 0 saturated heterocycles. The monoisotopic (exact) mass is 415 g/mol. The minimum atomic E-state index is -0.639. The van der Waals surface area contributed by atoms with E-state index in [0.29, 0.717) is 12.4 Å². The summed E-state index contributed by atoms with van der Waals surface area (Å²) in [5.74, 6) is 0.347. The molecule has 7 heteroatoms. The second-order valence-electron chi connectivity index (χ2n) is 8.38. The van der Waals surface area contributed by atoms with Crippen molar-refractivity contribution in [3.63, 3.8) is 0 Å². The van der Waals surface area contributed by atoms with Crippen LogP contribution >= 0.6 is 0 Å². The number of H-pyrrole nitrogens is 1. The summed E-state index contributed by atoms with van der Waals surface area (Å²) in [6.07, 6.45) is 2.20. The number of aromatic nitrogens is 4. The molecule has 0 radical (unpaired) electrons.